The molecule has 3 amide bonds. The average molecular weight is 429 g/mol. The second-order valence-corrected chi connectivity index (χ2v) is 7.88. The molecule has 0 atom stereocenters. The third kappa shape index (κ3) is 7.66. The van der Waals surface area contributed by atoms with Gasteiger partial charge in [0.2, 0.25) is 5.91 Å². The Morgan fingerprint density at radius 1 is 0.871 bits per heavy atom. The minimum atomic E-state index is -0.591. The highest BCUT2D eigenvalue weighted by molar-refractivity contribution is 6.20. The van der Waals surface area contributed by atoms with Gasteiger partial charge in [0, 0.05) is 18.5 Å². The van der Waals surface area contributed by atoms with Crippen LogP contribution in [0, 0.1) is 0 Å². The van der Waals surface area contributed by atoms with Crippen molar-refractivity contribution in [2.45, 2.75) is 71.1 Å². The summed E-state index contributed by atoms with van der Waals surface area (Å²) in [6, 6.07) is 6.43. The zero-order valence-electron chi connectivity index (χ0n) is 18.3. The summed E-state index contributed by atoms with van der Waals surface area (Å²) in [5.74, 6) is -1.82. The van der Waals surface area contributed by atoms with Crippen molar-refractivity contribution < 1.29 is 24.0 Å². The number of fused-ring (bicyclic) bond motifs is 1. The summed E-state index contributed by atoms with van der Waals surface area (Å²) in [6.45, 7) is 6.00. The first kappa shape index (κ1) is 24.3. The Morgan fingerprint density at radius 2 is 1.35 bits per heavy atom. The number of nitrogens with one attached hydrogen (secondary N) is 1. The Kier molecular flexibility index (Phi) is 9.94. The molecule has 1 aliphatic rings. The van der Waals surface area contributed by atoms with Crippen molar-refractivity contribution in [1.29, 1.82) is 0 Å². The number of hydrogen-bond acceptors (Lipinski definition) is 5. The summed E-state index contributed by atoms with van der Waals surface area (Å²) >= 11 is 0. The van der Waals surface area contributed by atoms with Crippen LogP contribution in [0.3, 0.4) is 0 Å². The highest BCUT2D eigenvalue weighted by Gasteiger charge is 2.38. The summed E-state index contributed by atoms with van der Waals surface area (Å²) in [6.07, 6.45) is 9.45. The molecule has 31 heavy (non-hydrogen) atoms. The fraction of sp³-hybridized carbons (Fsp3) is 0.500. The van der Waals surface area contributed by atoms with Crippen LogP contribution in [0.2, 0.25) is 0 Å². The molecule has 1 N–H and O–H groups in total. The van der Waals surface area contributed by atoms with Gasteiger partial charge in [-0.1, -0.05) is 68.7 Å². The van der Waals surface area contributed by atoms with E-state index in [1.54, 1.807) is 31.2 Å². The minimum Gasteiger partial charge on any atom is -0.352 e. The first-order chi connectivity index (χ1) is 14.9. The Morgan fingerprint density at radius 3 is 1.87 bits per heavy atom. The molecular weight excluding hydrogens is 396 g/mol. The molecule has 0 aliphatic carbocycles. The fourth-order valence-electron chi connectivity index (χ4n) is 3.38. The molecule has 1 heterocycles. The number of amides is 3. The Hall–Kier alpha value is -2.96. The van der Waals surface area contributed by atoms with E-state index in [9.17, 15) is 19.2 Å². The number of rotatable bonds is 14. The van der Waals surface area contributed by atoms with Gasteiger partial charge in [-0.15, -0.1) is 0 Å². The molecule has 0 aromatic heterocycles. The minimum absolute atomic E-state index is 0.0763. The monoisotopic (exact) mass is 428 g/mol. The highest BCUT2D eigenvalue weighted by atomic mass is 16.7. The van der Waals surface area contributed by atoms with Gasteiger partial charge in [0.1, 0.15) is 0 Å². The van der Waals surface area contributed by atoms with Crippen LogP contribution in [0.4, 0.5) is 0 Å². The summed E-state index contributed by atoms with van der Waals surface area (Å²) in [4.78, 5) is 52.6. The molecule has 168 valence electrons. The average Bonchev–Trinajstić information content (AvgIpc) is 2.99. The lowest BCUT2D eigenvalue weighted by Gasteiger charge is -2.12. The van der Waals surface area contributed by atoms with Crippen molar-refractivity contribution in [1.82, 2.24) is 10.4 Å². The molecule has 2 rings (SSSR count). The van der Waals surface area contributed by atoms with Gasteiger partial charge >= 0.3 is 5.97 Å². The second-order valence-electron chi connectivity index (χ2n) is 7.88. The number of carbonyl (C=O) groups excluding carboxylic acids is 4. The largest absolute Gasteiger partial charge is 0.352 e. The normalized spacial score (nSPS) is 12.6. The van der Waals surface area contributed by atoms with E-state index in [0.29, 0.717) is 23.6 Å². The van der Waals surface area contributed by atoms with E-state index in [1.807, 2.05) is 0 Å². The first-order valence-corrected chi connectivity index (χ1v) is 11.0. The fourth-order valence-corrected chi connectivity index (χ4v) is 3.38. The predicted octanol–water partition coefficient (Wildman–Crippen LogP) is 4.33. The first-order valence-electron chi connectivity index (χ1n) is 11.0. The smallest absolute Gasteiger partial charge is 0.333 e. The van der Waals surface area contributed by atoms with Gasteiger partial charge in [0.05, 0.1) is 11.1 Å². The van der Waals surface area contributed by atoms with Crippen LogP contribution < -0.4 is 5.32 Å². The number of carbonyl (C=O) groups is 4. The molecule has 0 radical (unpaired) electrons. The van der Waals surface area contributed by atoms with Crippen LogP contribution in [0.15, 0.2) is 36.4 Å². The van der Waals surface area contributed by atoms with Crippen molar-refractivity contribution in [3.63, 3.8) is 0 Å². The van der Waals surface area contributed by atoms with Crippen LogP contribution in [0.1, 0.15) is 91.8 Å². The zero-order valence-corrected chi connectivity index (χ0v) is 18.3. The predicted molar refractivity (Wildman–Crippen MR) is 117 cm³/mol. The summed E-state index contributed by atoms with van der Waals surface area (Å²) in [5.41, 5.74) is 1.06. The topological polar surface area (TPSA) is 92.8 Å². The lowest BCUT2D eigenvalue weighted by Crippen LogP contribution is -2.32. The van der Waals surface area contributed by atoms with Gasteiger partial charge in [0.15, 0.2) is 0 Å². The third-order valence-corrected chi connectivity index (χ3v) is 5.18. The molecular formula is C24H32N2O5. The number of benzene rings is 1. The van der Waals surface area contributed by atoms with E-state index < -0.39 is 17.8 Å². The van der Waals surface area contributed by atoms with Crippen LogP contribution in [0.25, 0.3) is 0 Å². The maximum atomic E-state index is 12.2. The lowest BCUT2D eigenvalue weighted by molar-refractivity contribution is -0.168. The number of imide groups is 1. The zero-order chi connectivity index (χ0) is 22.6. The molecule has 0 fully saturated rings. The van der Waals surface area contributed by atoms with Crippen molar-refractivity contribution in [3.05, 3.63) is 47.5 Å². The molecule has 1 aromatic rings. The SMILES string of the molecule is C=C(C)C(=O)NCCCCCCCCCCCC(=O)ON1C(=O)c2ccccc2C1=O. The molecule has 0 bridgehead atoms. The molecule has 1 aliphatic heterocycles. The van der Waals surface area contributed by atoms with Crippen molar-refractivity contribution in [3.8, 4) is 0 Å². The van der Waals surface area contributed by atoms with E-state index >= 15 is 0 Å². The molecule has 0 saturated carbocycles. The maximum Gasteiger partial charge on any atom is 0.333 e. The summed E-state index contributed by atoms with van der Waals surface area (Å²) in [5, 5.41) is 3.40. The van der Waals surface area contributed by atoms with E-state index in [-0.39, 0.29) is 23.5 Å². The quantitative estimate of drug-likeness (QED) is 0.270. The molecule has 0 unspecified atom stereocenters. The second kappa shape index (κ2) is 12.7. The van der Waals surface area contributed by atoms with Gasteiger partial charge in [-0.05, 0) is 31.9 Å². The number of hydrogen-bond donors (Lipinski definition) is 1. The van der Waals surface area contributed by atoms with Crippen LogP contribution in [-0.4, -0.2) is 35.3 Å². The Balaban J connectivity index is 1.46. The molecule has 1 aromatic carbocycles. The van der Waals surface area contributed by atoms with Gasteiger partial charge in [0.25, 0.3) is 11.8 Å². The third-order valence-electron chi connectivity index (χ3n) is 5.18. The van der Waals surface area contributed by atoms with Gasteiger partial charge in [-0.3, -0.25) is 14.4 Å². The Labute approximate surface area is 183 Å². The van der Waals surface area contributed by atoms with E-state index in [4.69, 9.17) is 4.84 Å². The van der Waals surface area contributed by atoms with E-state index in [1.165, 1.54) is 0 Å². The Bertz CT molecular complexity index is 783. The van der Waals surface area contributed by atoms with E-state index in [2.05, 4.69) is 11.9 Å². The van der Waals surface area contributed by atoms with Crippen molar-refractivity contribution in [2.75, 3.05) is 6.54 Å². The van der Waals surface area contributed by atoms with Crippen molar-refractivity contribution >= 4 is 23.7 Å². The van der Waals surface area contributed by atoms with Gasteiger partial charge in [-0.25, -0.2) is 4.79 Å². The van der Waals surface area contributed by atoms with Gasteiger partial charge < -0.3 is 10.2 Å². The number of nitrogens with zero attached hydrogens (tertiary/aromatic N) is 1. The van der Waals surface area contributed by atoms with Crippen LogP contribution >= 0.6 is 0 Å². The molecule has 0 spiro atoms. The van der Waals surface area contributed by atoms with Crippen LogP contribution in [0.5, 0.6) is 0 Å². The summed E-state index contributed by atoms with van der Waals surface area (Å²) < 4.78 is 0. The van der Waals surface area contributed by atoms with Gasteiger partial charge in [-0.2, -0.15) is 0 Å². The number of unbranched alkanes of at least 4 members (excludes halogenated alkanes) is 8. The molecule has 0 saturated heterocycles. The lowest BCUT2D eigenvalue weighted by atomic mass is 10.1. The standard InChI is InChI=1S/C24H32N2O5/c1-18(2)22(28)25-17-13-9-7-5-3-4-6-8-10-16-21(27)31-26-23(29)19-14-11-12-15-20(19)24(26)30/h11-12,14-15H,1,3-10,13,16-17H2,2H3,(H,25,28). The van der Waals surface area contributed by atoms with Crippen molar-refractivity contribution in [2.24, 2.45) is 0 Å². The maximum absolute atomic E-state index is 12.2. The highest BCUT2D eigenvalue weighted by Crippen LogP contribution is 2.23. The van der Waals surface area contributed by atoms with E-state index in [0.717, 1.165) is 51.4 Å². The molecule has 7 heteroatoms. The van der Waals surface area contributed by atoms with Crippen LogP contribution in [-0.2, 0) is 14.4 Å². The molecule has 7 nitrogen and oxygen atoms in total. The summed E-state index contributed by atoms with van der Waals surface area (Å²) in [7, 11) is 0. The number of hydroxylamine groups is 2.